The van der Waals surface area contributed by atoms with E-state index < -0.39 is 17.4 Å². The molecule has 0 aliphatic heterocycles. The number of anilines is 1. The number of amides is 1. The number of hydrogen-bond donors (Lipinski definition) is 1. The summed E-state index contributed by atoms with van der Waals surface area (Å²) < 4.78 is 0. The number of hydrogen-bond acceptors (Lipinski definition) is 2. The minimum atomic E-state index is -0.708. The molecule has 82 valence electrons. The maximum absolute atomic E-state index is 11.5. The van der Waals surface area contributed by atoms with Crippen molar-refractivity contribution in [3.63, 3.8) is 0 Å². The highest BCUT2D eigenvalue weighted by atomic mass is 16.2. The van der Waals surface area contributed by atoms with Crippen LogP contribution in [0.3, 0.4) is 0 Å². The van der Waals surface area contributed by atoms with Crippen LogP contribution in [-0.2, 0) is 9.59 Å². The molecule has 0 radical (unpaired) electrons. The molecule has 0 atom stereocenters. The molecule has 16 heavy (non-hydrogen) atoms. The van der Waals surface area contributed by atoms with Crippen LogP contribution in [0.5, 0.6) is 0 Å². The Morgan fingerprint density at radius 3 is 2.44 bits per heavy atom. The summed E-state index contributed by atoms with van der Waals surface area (Å²) in [5, 5.41) is 2.46. The lowest BCUT2D eigenvalue weighted by Gasteiger charge is -2.00. The van der Waals surface area contributed by atoms with Crippen molar-refractivity contribution >= 4 is 23.1 Å². The molecule has 0 unspecified atom stereocenters. The van der Waals surface area contributed by atoms with Gasteiger partial charge in [0.05, 0.1) is 0 Å². The Balaban J connectivity index is 2.80. The predicted octanol–water partition coefficient (Wildman–Crippen LogP) is 1.27. The van der Waals surface area contributed by atoms with Crippen LogP contribution in [0.15, 0.2) is 30.3 Å². The van der Waals surface area contributed by atoms with Crippen molar-refractivity contribution in [1.29, 1.82) is 0 Å². The van der Waals surface area contributed by atoms with Crippen LogP contribution >= 0.6 is 0 Å². The normalized spacial score (nSPS) is 9.06. The van der Waals surface area contributed by atoms with E-state index in [1.165, 1.54) is 0 Å². The third-order valence-electron chi connectivity index (χ3n) is 1.93. The lowest BCUT2D eigenvalue weighted by molar-refractivity contribution is -0.122. The summed E-state index contributed by atoms with van der Waals surface area (Å²) in [6, 6.07) is 8.63. The lowest BCUT2D eigenvalue weighted by atomic mass is 10.2. The predicted molar refractivity (Wildman–Crippen MR) is 59.0 cm³/mol. The highest BCUT2D eigenvalue weighted by Crippen LogP contribution is 2.04. The van der Waals surface area contributed by atoms with Crippen molar-refractivity contribution in [2.24, 2.45) is 0 Å². The third kappa shape index (κ3) is 2.87. The molecule has 0 aliphatic carbocycles. The molecule has 1 aromatic carbocycles. The number of ketones is 1. The van der Waals surface area contributed by atoms with Gasteiger partial charge in [-0.1, -0.05) is 25.1 Å². The van der Waals surface area contributed by atoms with Gasteiger partial charge >= 0.3 is 11.6 Å². The van der Waals surface area contributed by atoms with E-state index in [0.717, 1.165) is 0 Å². The highest BCUT2D eigenvalue weighted by molar-refractivity contribution is 6.65. The van der Waals surface area contributed by atoms with Crippen molar-refractivity contribution in [3.05, 3.63) is 35.9 Å². The number of rotatable bonds is 4. The molecule has 1 rings (SSSR count). The second-order valence-electron chi connectivity index (χ2n) is 3.05. The fourth-order valence-electron chi connectivity index (χ4n) is 1.11. The smallest absolute Gasteiger partial charge is 0.360 e. The zero-order valence-electron chi connectivity index (χ0n) is 8.80. The van der Waals surface area contributed by atoms with E-state index in [9.17, 15) is 9.59 Å². The van der Waals surface area contributed by atoms with Crippen molar-refractivity contribution in [2.45, 2.75) is 13.3 Å². The largest absolute Gasteiger partial charge is 0.421 e. The standard InChI is InChI=1S/C11H11N3O2/c1-2-9(15)10(14-12)11(16)13-8-6-4-3-5-7-8/h3-7H,2H2,1H3,(H,13,16). The molecule has 0 bridgehead atoms. The molecule has 0 spiro atoms. The van der Waals surface area contributed by atoms with Gasteiger partial charge in [0.1, 0.15) is 0 Å². The summed E-state index contributed by atoms with van der Waals surface area (Å²) in [6.45, 7) is 1.59. The summed E-state index contributed by atoms with van der Waals surface area (Å²) in [6.07, 6.45) is 0.113. The Hall–Kier alpha value is -2.26. The quantitative estimate of drug-likeness (QED) is 0.356. The molecule has 5 nitrogen and oxygen atoms in total. The molecule has 1 amide bonds. The monoisotopic (exact) mass is 217 g/mol. The van der Waals surface area contributed by atoms with E-state index in [1.54, 1.807) is 37.3 Å². The molecule has 5 heteroatoms. The number of Topliss-reactive ketones (excluding diaryl/α,β-unsaturated/α-hetero) is 1. The van der Waals surface area contributed by atoms with Crippen LogP contribution in [0.2, 0.25) is 0 Å². The van der Waals surface area contributed by atoms with Crippen molar-refractivity contribution in [2.75, 3.05) is 5.32 Å². The number of carbonyl (C=O) groups is 2. The molecule has 0 aromatic heterocycles. The summed E-state index contributed by atoms with van der Waals surface area (Å²) in [5.41, 5.74) is 8.64. The van der Waals surface area contributed by atoms with E-state index in [0.29, 0.717) is 5.69 Å². The van der Waals surface area contributed by atoms with E-state index >= 15 is 0 Å². The van der Waals surface area contributed by atoms with Gasteiger partial charge in [0, 0.05) is 12.1 Å². The summed E-state index contributed by atoms with van der Waals surface area (Å²) in [4.78, 5) is 25.5. The SMILES string of the molecule is CCC(=O)C(=[N+]=[N-])C(=O)Nc1ccccc1. The summed E-state index contributed by atoms with van der Waals surface area (Å²) >= 11 is 0. The third-order valence-corrected chi connectivity index (χ3v) is 1.93. The summed E-state index contributed by atoms with van der Waals surface area (Å²) in [5.74, 6) is -1.21. The van der Waals surface area contributed by atoms with Gasteiger partial charge in [0.25, 0.3) is 0 Å². The second-order valence-corrected chi connectivity index (χ2v) is 3.05. The molecule has 0 saturated heterocycles. The fraction of sp³-hybridized carbons (Fsp3) is 0.182. The maximum Gasteiger partial charge on any atom is 0.421 e. The first kappa shape index (κ1) is 11.8. The van der Waals surface area contributed by atoms with Crippen LogP contribution in [0.4, 0.5) is 5.69 Å². The first-order valence-electron chi connectivity index (χ1n) is 4.80. The first-order valence-corrected chi connectivity index (χ1v) is 4.80. The minimum Gasteiger partial charge on any atom is -0.360 e. The van der Waals surface area contributed by atoms with Crippen LogP contribution in [0.25, 0.3) is 5.53 Å². The molecular weight excluding hydrogens is 206 g/mol. The molecule has 0 aliphatic rings. The fourth-order valence-corrected chi connectivity index (χ4v) is 1.11. The van der Waals surface area contributed by atoms with E-state index in [-0.39, 0.29) is 6.42 Å². The average molecular weight is 217 g/mol. The molecule has 0 heterocycles. The van der Waals surface area contributed by atoms with Gasteiger partial charge in [0.2, 0.25) is 5.78 Å². The van der Waals surface area contributed by atoms with Crippen LogP contribution in [-0.4, -0.2) is 22.2 Å². The Kier molecular flexibility index (Phi) is 4.12. The van der Waals surface area contributed by atoms with Gasteiger partial charge < -0.3 is 10.8 Å². The minimum absolute atomic E-state index is 0.113. The zero-order chi connectivity index (χ0) is 12.0. The lowest BCUT2D eigenvalue weighted by Crippen LogP contribution is -2.30. The van der Waals surface area contributed by atoms with Crippen molar-refractivity contribution < 1.29 is 14.4 Å². The van der Waals surface area contributed by atoms with E-state index in [4.69, 9.17) is 5.53 Å². The number of nitrogens with one attached hydrogen (secondary N) is 1. The highest BCUT2D eigenvalue weighted by Gasteiger charge is 2.27. The average Bonchev–Trinajstić information content (AvgIpc) is 2.31. The Bertz CT molecular complexity index is 448. The van der Waals surface area contributed by atoms with Crippen LogP contribution in [0.1, 0.15) is 13.3 Å². The van der Waals surface area contributed by atoms with Gasteiger partial charge in [-0.3, -0.25) is 9.59 Å². The second kappa shape index (κ2) is 5.58. The molecule has 1 N–H and O–H groups in total. The topological polar surface area (TPSA) is 82.6 Å². The van der Waals surface area contributed by atoms with Gasteiger partial charge in [-0.2, -0.15) is 4.79 Å². The number of carbonyl (C=O) groups excluding carboxylic acids is 2. The van der Waals surface area contributed by atoms with Gasteiger partial charge in [-0.15, -0.1) is 0 Å². The van der Waals surface area contributed by atoms with Crippen molar-refractivity contribution in [3.8, 4) is 0 Å². The molecule has 0 fully saturated rings. The van der Waals surface area contributed by atoms with Gasteiger partial charge in [-0.25, -0.2) is 0 Å². The zero-order valence-corrected chi connectivity index (χ0v) is 8.80. The first-order chi connectivity index (χ1) is 7.69. The number of para-hydroxylation sites is 1. The van der Waals surface area contributed by atoms with Crippen molar-refractivity contribution in [1.82, 2.24) is 0 Å². The Labute approximate surface area is 92.7 Å². The molecular formula is C11H11N3O2. The Morgan fingerprint density at radius 2 is 1.94 bits per heavy atom. The van der Waals surface area contributed by atoms with Gasteiger partial charge in [-0.05, 0) is 12.1 Å². The maximum atomic E-state index is 11.5. The Morgan fingerprint density at radius 1 is 1.31 bits per heavy atom. The number of nitrogens with zero attached hydrogens (tertiary/aromatic N) is 2. The van der Waals surface area contributed by atoms with E-state index in [1.807, 2.05) is 0 Å². The molecule has 0 saturated carbocycles. The number of benzene rings is 1. The van der Waals surface area contributed by atoms with Crippen LogP contribution in [0, 0.1) is 0 Å². The summed E-state index contributed by atoms with van der Waals surface area (Å²) in [7, 11) is 0. The van der Waals surface area contributed by atoms with E-state index in [2.05, 4.69) is 10.1 Å². The van der Waals surface area contributed by atoms with Gasteiger partial charge in [0.15, 0.2) is 0 Å². The molecule has 1 aromatic rings. The van der Waals surface area contributed by atoms with Crippen LogP contribution < -0.4 is 5.32 Å².